The van der Waals surface area contributed by atoms with E-state index < -0.39 is 4.92 Å². The molecule has 1 aliphatic heterocycles. The van der Waals surface area contributed by atoms with Crippen LogP contribution in [0.1, 0.15) is 18.4 Å². The highest BCUT2D eigenvalue weighted by Crippen LogP contribution is 2.36. The number of aromatic nitrogens is 2. The number of nitrogens with zero attached hydrogens (tertiary/aromatic N) is 3. The molecule has 1 N–H and O–H groups in total. The van der Waals surface area contributed by atoms with Crippen molar-refractivity contribution in [3.05, 3.63) is 68.2 Å². The van der Waals surface area contributed by atoms with Gasteiger partial charge in [0.1, 0.15) is 5.82 Å². The quantitative estimate of drug-likeness (QED) is 0.463. The Balaban J connectivity index is 1.86. The molecule has 6 nitrogen and oxygen atoms in total. The van der Waals surface area contributed by atoms with Crippen LogP contribution in [-0.2, 0) is 6.42 Å². The van der Waals surface area contributed by atoms with Crippen LogP contribution in [0.3, 0.4) is 0 Å². The summed E-state index contributed by atoms with van der Waals surface area (Å²) in [6, 6.07) is 11.9. The highest BCUT2D eigenvalue weighted by molar-refractivity contribution is 6.42. The van der Waals surface area contributed by atoms with Crippen LogP contribution in [0.4, 0.5) is 11.5 Å². The van der Waals surface area contributed by atoms with Gasteiger partial charge in [-0.3, -0.25) is 10.1 Å². The fourth-order valence-electron chi connectivity index (χ4n) is 3.28. The number of rotatable bonds is 3. The number of benzene rings is 2. The van der Waals surface area contributed by atoms with Gasteiger partial charge in [-0.25, -0.2) is 4.68 Å². The van der Waals surface area contributed by atoms with Crippen molar-refractivity contribution in [3.8, 4) is 16.9 Å². The van der Waals surface area contributed by atoms with Gasteiger partial charge < -0.3 is 5.32 Å². The van der Waals surface area contributed by atoms with Crippen LogP contribution in [0.15, 0.2) is 42.5 Å². The normalized spacial score (nSPS) is 13.6. The van der Waals surface area contributed by atoms with Gasteiger partial charge in [0, 0.05) is 29.8 Å². The summed E-state index contributed by atoms with van der Waals surface area (Å²) in [6.45, 7) is 0.854. The highest BCUT2D eigenvalue weighted by Gasteiger charge is 2.22. The van der Waals surface area contributed by atoms with E-state index in [0.717, 1.165) is 54.1 Å². The molecule has 4 rings (SSSR count). The maximum absolute atomic E-state index is 10.9. The average molecular weight is 403 g/mol. The van der Waals surface area contributed by atoms with E-state index in [0.29, 0.717) is 10.0 Å². The predicted octanol–water partition coefficient (Wildman–Crippen LogP) is 5.50. The van der Waals surface area contributed by atoms with Gasteiger partial charge in [-0.15, -0.1) is 0 Å². The van der Waals surface area contributed by atoms with Crippen molar-refractivity contribution < 1.29 is 4.92 Å². The number of nitro benzene ring substituents is 1. The first-order valence-electron chi connectivity index (χ1n) is 8.60. The molecule has 0 saturated carbocycles. The summed E-state index contributed by atoms with van der Waals surface area (Å²) in [7, 11) is 0. The first-order valence-corrected chi connectivity index (χ1v) is 9.36. The summed E-state index contributed by atoms with van der Waals surface area (Å²) < 4.78 is 1.81. The van der Waals surface area contributed by atoms with Gasteiger partial charge in [-0.05, 0) is 43.5 Å². The fraction of sp³-hybridized carbons (Fsp3) is 0.211. The predicted molar refractivity (Wildman–Crippen MR) is 107 cm³/mol. The van der Waals surface area contributed by atoms with Gasteiger partial charge >= 0.3 is 0 Å². The topological polar surface area (TPSA) is 73.0 Å². The second-order valence-electron chi connectivity index (χ2n) is 6.37. The number of hydrogen-bond acceptors (Lipinski definition) is 4. The van der Waals surface area contributed by atoms with E-state index in [1.54, 1.807) is 18.2 Å². The summed E-state index contributed by atoms with van der Waals surface area (Å²) in [5, 5.41) is 20.2. The molecular weight excluding hydrogens is 387 g/mol. The summed E-state index contributed by atoms with van der Waals surface area (Å²) >= 11 is 12.3. The van der Waals surface area contributed by atoms with Crippen molar-refractivity contribution in [3.63, 3.8) is 0 Å². The first-order chi connectivity index (χ1) is 13.0. The van der Waals surface area contributed by atoms with Crippen molar-refractivity contribution in [2.24, 2.45) is 0 Å². The Labute approximate surface area is 165 Å². The Kier molecular flexibility index (Phi) is 4.76. The van der Waals surface area contributed by atoms with Crippen molar-refractivity contribution >= 4 is 34.7 Å². The lowest BCUT2D eigenvalue weighted by Gasteiger charge is -2.09. The van der Waals surface area contributed by atoms with E-state index in [2.05, 4.69) is 5.32 Å². The third-order valence-electron chi connectivity index (χ3n) is 4.63. The number of halogens is 2. The van der Waals surface area contributed by atoms with Gasteiger partial charge in [0.15, 0.2) is 0 Å². The molecule has 0 unspecified atom stereocenters. The lowest BCUT2D eigenvalue weighted by atomic mass is 10.0. The zero-order valence-corrected chi connectivity index (χ0v) is 15.8. The molecule has 0 saturated heterocycles. The van der Waals surface area contributed by atoms with Crippen LogP contribution in [0.25, 0.3) is 16.9 Å². The molecule has 0 amide bonds. The molecule has 0 spiro atoms. The third kappa shape index (κ3) is 3.38. The minimum absolute atomic E-state index is 0.0506. The summed E-state index contributed by atoms with van der Waals surface area (Å²) in [6.07, 6.45) is 3.01. The van der Waals surface area contributed by atoms with Gasteiger partial charge in [0.2, 0.25) is 0 Å². The van der Waals surface area contributed by atoms with Crippen molar-refractivity contribution in [1.82, 2.24) is 9.78 Å². The minimum Gasteiger partial charge on any atom is -0.370 e. The van der Waals surface area contributed by atoms with Crippen LogP contribution in [0.2, 0.25) is 10.0 Å². The SMILES string of the molecule is O=[N+]([O-])c1ccc(-n2nc(-c3ccc(Cl)c(Cl)c3)c3c2NCCCC3)cc1. The Hall–Kier alpha value is -2.57. The first kappa shape index (κ1) is 17.8. The standard InChI is InChI=1S/C19H16Cl2N4O2/c20-16-9-4-12(11-17(16)21)18-15-3-1-2-10-22-19(15)24(23-18)13-5-7-14(8-6-13)25(26)27/h4-9,11,22H,1-3,10H2. The Morgan fingerprint density at radius 3 is 2.56 bits per heavy atom. The fourth-order valence-corrected chi connectivity index (χ4v) is 3.58. The second kappa shape index (κ2) is 7.21. The van der Waals surface area contributed by atoms with Crippen LogP contribution in [0.5, 0.6) is 0 Å². The van der Waals surface area contributed by atoms with Crippen molar-refractivity contribution in [2.45, 2.75) is 19.3 Å². The molecule has 0 fully saturated rings. The van der Waals surface area contributed by atoms with E-state index in [1.807, 2.05) is 16.8 Å². The zero-order valence-electron chi connectivity index (χ0n) is 14.3. The molecule has 3 aromatic rings. The van der Waals surface area contributed by atoms with Gasteiger partial charge in [-0.1, -0.05) is 29.3 Å². The van der Waals surface area contributed by atoms with Gasteiger partial charge in [0.05, 0.1) is 26.3 Å². The molecule has 138 valence electrons. The third-order valence-corrected chi connectivity index (χ3v) is 5.37. The summed E-state index contributed by atoms with van der Waals surface area (Å²) in [4.78, 5) is 10.5. The zero-order chi connectivity index (χ0) is 19.0. The molecule has 27 heavy (non-hydrogen) atoms. The number of nitro groups is 1. The van der Waals surface area contributed by atoms with E-state index in [9.17, 15) is 10.1 Å². The van der Waals surface area contributed by atoms with E-state index in [4.69, 9.17) is 28.3 Å². The minimum atomic E-state index is -0.410. The smallest absolute Gasteiger partial charge is 0.269 e. The van der Waals surface area contributed by atoms with E-state index in [-0.39, 0.29) is 5.69 Å². The van der Waals surface area contributed by atoms with Crippen LogP contribution < -0.4 is 5.32 Å². The maximum atomic E-state index is 10.9. The second-order valence-corrected chi connectivity index (χ2v) is 7.19. The molecular formula is C19H16Cl2N4O2. The molecule has 0 atom stereocenters. The summed E-state index contributed by atoms with van der Waals surface area (Å²) in [5.41, 5.74) is 3.66. The molecule has 0 radical (unpaired) electrons. The van der Waals surface area contributed by atoms with E-state index >= 15 is 0 Å². The lowest BCUT2D eigenvalue weighted by Crippen LogP contribution is -2.07. The molecule has 1 aromatic heterocycles. The maximum Gasteiger partial charge on any atom is 0.269 e. The Bertz CT molecular complexity index is 1020. The number of anilines is 1. The molecule has 2 heterocycles. The molecule has 0 bridgehead atoms. The van der Waals surface area contributed by atoms with Gasteiger partial charge in [0.25, 0.3) is 5.69 Å². The van der Waals surface area contributed by atoms with Crippen LogP contribution in [-0.4, -0.2) is 21.2 Å². The number of non-ortho nitro benzene ring substituents is 1. The number of hydrogen-bond donors (Lipinski definition) is 1. The number of fused-ring (bicyclic) bond motifs is 1. The highest BCUT2D eigenvalue weighted by atomic mass is 35.5. The summed E-state index contributed by atoms with van der Waals surface area (Å²) in [5.74, 6) is 0.919. The molecule has 0 aliphatic carbocycles. The van der Waals surface area contributed by atoms with Crippen LogP contribution in [0, 0.1) is 10.1 Å². The molecule has 2 aromatic carbocycles. The van der Waals surface area contributed by atoms with E-state index in [1.165, 1.54) is 12.1 Å². The lowest BCUT2D eigenvalue weighted by molar-refractivity contribution is -0.384. The van der Waals surface area contributed by atoms with Crippen molar-refractivity contribution in [1.29, 1.82) is 0 Å². The Morgan fingerprint density at radius 2 is 1.85 bits per heavy atom. The van der Waals surface area contributed by atoms with Gasteiger partial charge in [-0.2, -0.15) is 5.10 Å². The van der Waals surface area contributed by atoms with Crippen LogP contribution >= 0.6 is 23.2 Å². The largest absolute Gasteiger partial charge is 0.370 e. The average Bonchev–Trinajstić information content (AvgIpc) is 2.85. The van der Waals surface area contributed by atoms with Crippen molar-refractivity contribution in [2.75, 3.05) is 11.9 Å². The monoisotopic (exact) mass is 402 g/mol. The molecule has 8 heteroatoms. The molecule has 1 aliphatic rings. The Morgan fingerprint density at radius 1 is 1.07 bits per heavy atom. The number of nitrogens with one attached hydrogen (secondary N) is 1.